The van der Waals surface area contributed by atoms with Crippen LogP contribution in [0.5, 0.6) is 5.75 Å². The van der Waals surface area contributed by atoms with E-state index in [4.69, 9.17) is 11.6 Å². The Hall–Kier alpha value is -1.22. The van der Waals surface area contributed by atoms with Crippen LogP contribution in [0.4, 0.5) is 0 Å². The van der Waals surface area contributed by atoms with E-state index in [1.54, 1.807) is 6.07 Å². The zero-order valence-electron chi connectivity index (χ0n) is 10.4. The molecule has 2 rings (SSSR count). The number of phenolic OH excluding ortho intramolecular Hbond substituents is 1. The second-order valence-electron chi connectivity index (χ2n) is 5.09. The highest BCUT2D eigenvalue weighted by Gasteiger charge is 2.21. The Kier molecular flexibility index (Phi) is 4.12. The molecule has 0 unspecified atom stereocenters. The molecule has 1 aromatic rings. The maximum atomic E-state index is 12.0. The Bertz CT molecular complexity index is 439. The molecule has 0 saturated heterocycles. The molecule has 0 heterocycles. The third-order valence-electron chi connectivity index (χ3n) is 3.55. The van der Waals surface area contributed by atoms with Gasteiger partial charge in [0.1, 0.15) is 5.75 Å². The minimum absolute atomic E-state index is 0.0268. The predicted octanol–water partition coefficient (Wildman–Crippen LogP) is 3.35. The minimum atomic E-state index is -0.241. The van der Waals surface area contributed by atoms with Crippen molar-refractivity contribution in [3.63, 3.8) is 0 Å². The van der Waals surface area contributed by atoms with Crippen molar-refractivity contribution in [1.29, 1.82) is 0 Å². The van der Waals surface area contributed by atoms with E-state index in [1.807, 2.05) is 0 Å². The summed E-state index contributed by atoms with van der Waals surface area (Å²) in [6.45, 7) is 2.24. The molecule has 1 aromatic carbocycles. The number of amides is 1. The monoisotopic (exact) mass is 267 g/mol. The average Bonchev–Trinajstić information content (AvgIpc) is 2.35. The van der Waals surface area contributed by atoms with E-state index in [2.05, 4.69) is 12.2 Å². The molecule has 0 bridgehead atoms. The van der Waals surface area contributed by atoms with Crippen molar-refractivity contribution in [2.75, 3.05) is 0 Å². The van der Waals surface area contributed by atoms with Crippen molar-refractivity contribution in [2.24, 2.45) is 5.92 Å². The summed E-state index contributed by atoms with van der Waals surface area (Å²) in [5, 5.41) is 13.1. The largest absolute Gasteiger partial charge is 0.507 e. The van der Waals surface area contributed by atoms with Crippen LogP contribution in [0.1, 0.15) is 43.0 Å². The lowest BCUT2D eigenvalue weighted by atomic mass is 9.87. The minimum Gasteiger partial charge on any atom is -0.507 e. The lowest BCUT2D eigenvalue weighted by Gasteiger charge is -2.27. The SMILES string of the molecule is CC1CCC(NC(=O)c2cc(Cl)ccc2O)CC1. The van der Waals surface area contributed by atoms with Gasteiger partial charge in [0.05, 0.1) is 5.56 Å². The van der Waals surface area contributed by atoms with Crippen molar-refractivity contribution in [3.05, 3.63) is 28.8 Å². The van der Waals surface area contributed by atoms with E-state index in [9.17, 15) is 9.90 Å². The molecular formula is C14H18ClNO2. The number of hydrogen-bond acceptors (Lipinski definition) is 2. The van der Waals surface area contributed by atoms with Crippen LogP contribution in [-0.2, 0) is 0 Å². The average molecular weight is 268 g/mol. The van der Waals surface area contributed by atoms with Gasteiger partial charge in [-0.1, -0.05) is 18.5 Å². The lowest BCUT2D eigenvalue weighted by Crippen LogP contribution is -2.37. The summed E-state index contributed by atoms with van der Waals surface area (Å²) in [4.78, 5) is 12.0. The molecule has 0 spiro atoms. The Morgan fingerprint density at radius 3 is 2.67 bits per heavy atom. The van der Waals surface area contributed by atoms with E-state index in [-0.39, 0.29) is 23.3 Å². The van der Waals surface area contributed by atoms with Crippen LogP contribution in [0, 0.1) is 5.92 Å². The van der Waals surface area contributed by atoms with E-state index < -0.39 is 0 Å². The van der Waals surface area contributed by atoms with Crippen molar-refractivity contribution < 1.29 is 9.90 Å². The zero-order chi connectivity index (χ0) is 13.1. The van der Waals surface area contributed by atoms with Crippen molar-refractivity contribution >= 4 is 17.5 Å². The molecule has 4 heteroatoms. The Labute approximate surface area is 112 Å². The van der Waals surface area contributed by atoms with Gasteiger partial charge in [-0.15, -0.1) is 0 Å². The smallest absolute Gasteiger partial charge is 0.255 e. The van der Waals surface area contributed by atoms with Crippen LogP contribution < -0.4 is 5.32 Å². The number of phenols is 1. The molecule has 1 amide bonds. The second-order valence-corrected chi connectivity index (χ2v) is 5.53. The first-order chi connectivity index (χ1) is 8.56. The molecule has 1 fully saturated rings. The Morgan fingerprint density at radius 1 is 1.33 bits per heavy atom. The first kappa shape index (κ1) is 13.2. The van der Waals surface area contributed by atoms with Gasteiger partial charge in [0.15, 0.2) is 0 Å². The molecule has 0 atom stereocenters. The lowest BCUT2D eigenvalue weighted by molar-refractivity contribution is 0.0920. The standard InChI is InChI=1S/C14H18ClNO2/c1-9-2-5-11(6-3-9)16-14(18)12-8-10(15)4-7-13(12)17/h4,7-9,11,17H,2-3,5-6H2,1H3,(H,16,18). The van der Waals surface area contributed by atoms with Gasteiger partial charge in [0.25, 0.3) is 5.91 Å². The quantitative estimate of drug-likeness (QED) is 0.863. The Morgan fingerprint density at radius 2 is 2.00 bits per heavy atom. The predicted molar refractivity (Wildman–Crippen MR) is 72.0 cm³/mol. The number of hydrogen-bond donors (Lipinski definition) is 2. The van der Waals surface area contributed by atoms with Gasteiger partial charge < -0.3 is 10.4 Å². The summed E-state index contributed by atoms with van der Waals surface area (Å²) in [6.07, 6.45) is 4.31. The summed E-state index contributed by atoms with van der Waals surface area (Å²) < 4.78 is 0. The summed E-state index contributed by atoms with van der Waals surface area (Å²) in [5.74, 6) is 0.480. The van der Waals surface area contributed by atoms with E-state index in [0.717, 1.165) is 31.6 Å². The normalized spacial score (nSPS) is 23.7. The molecule has 0 aliphatic heterocycles. The van der Waals surface area contributed by atoms with Crippen LogP contribution in [-0.4, -0.2) is 17.1 Å². The number of rotatable bonds is 2. The molecular weight excluding hydrogens is 250 g/mol. The highest BCUT2D eigenvalue weighted by atomic mass is 35.5. The van der Waals surface area contributed by atoms with Crippen molar-refractivity contribution in [2.45, 2.75) is 38.6 Å². The number of aromatic hydroxyl groups is 1. The van der Waals surface area contributed by atoms with Crippen LogP contribution in [0.15, 0.2) is 18.2 Å². The third kappa shape index (κ3) is 3.16. The van der Waals surface area contributed by atoms with Gasteiger partial charge in [-0.25, -0.2) is 0 Å². The Balaban J connectivity index is 2.01. The fourth-order valence-electron chi connectivity index (χ4n) is 2.36. The first-order valence-corrected chi connectivity index (χ1v) is 6.73. The van der Waals surface area contributed by atoms with Crippen LogP contribution in [0.25, 0.3) is 0 Å². The van der Waals surface area contributed by atoms with E-state index in [0.29, 0.717) is 5.02 Å². The highest BCUT2D eigenvalue weighted by Crippen LogP contribution is 2.25. The molecule has 1 saturated carbocycles. The number of carbonyl (C=O) groups excluding carboxylic acids is 1. The fourth-order valence-corrected chi connectivity index (χ4v) is 2.53. The van der Waals surface area contributed by atoms with Crippen molar-refractivity contribution in [1.82, 2.24) is 5.32 Å². The van der Waals surface area contributed by atoms with Crippen molar-refractivity contribution in [3.8, 4) is 5.75 Å². The topological polar surface area (TPSA) is 49.3 Å². The molecule has 1 aliphatic carbocycles. The highest BCUT2D eigenvalue weighted by molar-refractivity contribution is 6.31. The van der Waals surface area contributed by atoms with Gasteiger partial charge in [-0.2, -0.15) is 0 Å². The summed E-state index contributed by atoms with van der Waals surface area (Å²) in [7, 11) is 0. The third-order valence-corrected chi connectivity index (χ3v) is 3.79. The maximum absolute atomic E-state index is 12.0. The van der Waals surface area contributed by atoms with Gasteiger partial charge in [0, 0.05) is 11.1 Å². The number of nitrogens with one attached hydrogen (secondary N) is 1. The maximum Gasteiger partial charge on any atom is 0.255 e. The molecule has 1 aliphatic rings. The number of carbonyl (C=O) groups is 1. The summed E-state index contributed by atoms with van der Waals surface area (Å²) in [5.41, 5.74) is 0.251. The van der Waals surface area contributed by atoms with Crippen LogP contribution in [0.2, 0.25) is 5.02 Å². The molecule has 2 N–H and O–H groups in total. The van der Waals surface area contributed by atoms with E-state index >= 15 is 0 Å². The van der Waals surface area contributed by atoms with E-state index in [1.165, 1.54) is 12.1 Å². The molecule has 98 valence electrons. The van der Waals surface area contributed by atoms with Crippen LogP contribution in [0.3, 0.4) is 0 Å². The van der Waals surface area contributed by atoms with Gasteiger partial charge >= 0.3 is 0 Å². The molecule has 0 radical (unpaired) electrons. The number of halogens is 1. The second kappa shape index (κ2) is 5.61. The molecule has 18 heavy (non-hydrogen) atoms. The van der Waals surface area contributed by atoms with Gasteiger partial charge in [-0.05, 0) is 49.8 Å². The van der Waals surface area contributed by atoms with Crippen LogP contribution >= 0.6 is 11.6 Å². The fraction of sp³-hybridized carbons (Fsp3) is 0.500. The molecule has 3 nitrogen and oxygen atoms in total. The number of benzene rings is 1. The van der Waals surface area contributed by atoms with Gasteiger partial charge in [-0.3, -0.25) is 4.79 Å². The first-order valence-electron chi connectivity index (χ1n) is 6.35. The van der Waals surface area contributed by atoms with Gasteiger partial charge in [0.2, 0.25) is 0 Å². The zero-order valence-corrected chi connectivity index (χ0v) is 11.2. The summed E-state index contributed by atoms with van der Waals surface area (Å²) in [6, 6.07) is 4.72. The molecule has 0 aromatic heterocycles. The summed E-state index contributed by atoms with van der Waals surface area (Å²) >= 11 is 5.83.